The van der Waals surface area contributed by atoms with E-state index in [1.54, 1.807) is 0 Å². The van der Waals surface area contributed by atoms with E-state index in [-0.39, 0.29) is 12.3 Å². The minimum Gasteiger partial charge on any atom is -0.467 e. The predicted molar refractivity (Wildman–Crippen MR) is 69.9 cm³/mol. The van der Waals surface area contributed by atoms with E-state index >= 15 is 0 Å². The Balaban J connectivity index is 2.32. The van der Waals surface area contributed by atoms with Crippen molar-refractivity contribution >= 4 is 5.97 Å². The molecule has 0 aromatic carbocycles. The van der Waals surface area contributed by atoms with Crippen molar-refractivity contribution in [2.45, 2.75) is 32.7 Å². The number of hydrogen-bond acceptors (Lipinski definition) is 6. The molecule has 0 amide bonds. The van der Waals surface area contributed by atoms with E-state index < -0.39 is 6.10 Å². The van der Waals surface area contributed by atoms with E-state index in [2.05, 4.69) is 4.90 Å². The lowest BCUT2D eigenvalue weighted by molar-refractivity contribution is -0.162. The monoisotopic (exact) mass is 275 g/mol. The normalized spacial score (nSPS) is 20.7. The van der Waals surface area contributed by atoms with Gasteiger partial charge in [0.2, 0.25) is 0 Å². The first-order valence-corrected chi connectivity index (χ1v) is 6.86. The number of esters is 1. The molecule has 6 nitrogen and oxygen atoms in total. The summed E-state index contributed by atoms with van der Waals surface area (Å²) in [4.78, 5) is 13.6. The molecule has 112 valence electrons. The molecular weight excluding hydrogens is 250 g/mol. The Labute approximate surface area is 114 Å². The maximum Gasteiger partial charge on any atom is 0.336 e. The molecule has 0 saturated carbocycles. The van der Waals surface area contributed by atoms with Crippen molar-refractivity contribution in [3.63, 3.8) is 0 Å². The van der Waals surface area contributed by atoms with Crippen LogP contribution in [0.4, 0.5) is 0 Å². The fourth-order valence-electron chi connectivity index (χ4n) is 2.05. The Morgan fingerprint density at radius 1 is 1.37 bits per heavy atom. The molecule has 0 radical (unpaired) electrons. The van der Waals surface area contributed by atoms with Crippen molar-refractivity contribution in [1.82, 2.24) is 4.90 Å². The van der Waals surface area contributed by atoms with Gasteiger partial charge in [0.15, 0.2) is 12.4 Å². The standard InChI is InChI=1S/C13H25NO5/c1-4-17-12(18-5-2)6-7-14-8-9-19-11(10-14)13(15)16-3/h11-12H,4-10H2,1-3H3. The molecule has 0 aromatic rings. The van der Waals surface area contributed by atoms with E-state index in [4.69, 9.17) is 18.9 Å². The fourth-order valence-corrected chi connectivity index (χ4v) is 2.05. The molecule has 1 heterocycles. The smallest absolute Gasteiger partial charge is 0.336 e. The lowest BCUT2D eigenvalue weighted by Gasteiger charge is -2.32. The van der Waals surface area contributed by atoms with E-state index in [1.165, 1.54) is 7.11 Å². The van der Waals surface area contributed by atoms with Gasteiger partial charge < -0.3 is 18.9 Å². The number of carbonyl (C=O) groups excluding carboxylic acids is 1. The number of morpholine rings is 1. The van der Waals surface area contributed by atoms with Crippen LogP contribution < -0.4 is 0 Å². The zero-order valence-electron chi connectivity index (χ0n) is 12.1. The summed E-state index contributed by atoms with van der Waals surface area (Å²) in [6, 6.07) is 0. The van der Waals surface area contributed by atoms with Crippen LogP contribution in [0.5, 0.6) is 0 Å². The average molecular weight is 275 g/mol. The molecule has 0 aliphatic carbocycles. The van der Waals surface area contributed by atoms with Crippen LogP contribution >= 0.6 is 0 Å². The zero-order chi connectivity index (χ0) is 14.1. The van der Waals surface area contributed by atoms with Crippen LogP contribution in [-0.4, -0.2) is 69.8 Å². The first-order chi connectivity index (χ1) is 9.21. The van der Waals surface area contributed by atoms with Gasteiger partial charge in [0.25, 0.3) is 0 Å². The summed E-state index contributed by atoms with van der Waals surface area (Å²) >= 11 is 0. The molecule has 0 N–H and O–H groups in total. The summed E-state index contributed by atoms with van der Waals surface area (Å²) in [6.07, 6.45) is 0.140. The SMILES string of the molecule is CCOC(CCN1CCOC(C(=O)OC)C1)OCC. The van der Waals surface area contributed by atoms with Gasteiger partial charge in [-0.2, -0.15) is 0 Å². The Hall–Kier alpha value is -0.690. The van der Waals surface area contributed by atoms with E-state index in [9.17, 15) is 4.79 Å². The van der Waals surface area contributed by atoms with E-state index in [0.29, 0.717) is 26.4 Å². The summed E-state index contributed by atoms with van der Waals surface area (Å²) in [5, 5.41) is 0. The number of nitrogens with zero attached hydrogens (tertiary/aromatic N) is 1. The van der Waals surface area contributed by atoms with Gasteiger partial charge in [-0.15, -0.1) is 0 Å². The van der Waals surface area contributed by atoms with Gasteiger partial charge in [0.05, 0.1) is 13.7 Å². The molecule has 1 aliphatic rings. The topological polar surface area (TPSA) is 57.2 Å². The van der Waals surface area contributed by atoms with Gasteiger partial charge in [-0.25, -0.2) is 4.79 Å². The highest BCUT2D eigenvalue weighted by atomic mass is 16.7. The van der Waals surface area contributed by atoms with Crippen molar-refractivity contribution in [2.24, 2.45) is 0 Å². The molecule has 0 spiro atoms. The summed E-state index contributed by atoms with van der Waals surface area (Å²) in [6.45, 7) is 7.94. The summed E-state index contributed by atoms with van der Waals surface area (Å²) in [5.74, 6) is -0.309. The number of carbonyl (C=O) groups is 1. The average Bonchev–Trinajstić information content (AvgIpc) is 2.44. The van der Waals surface area contributed by atoms with Crippen molar-refractivity contribution in [3.8, 4) is 0 Å². The van der Waals surface area contributed by atoms with Crippen LogP contribution in [0.2, 0.25) is 0 Å². The Morgan fingerprint density at radius 2 is 2.05 bits per heavy atom. The first-order valence-electron chi connectivity index (χ1n) is 6.86. The second-order valence-corrected chi connectivity index (χ2v) is 4.31. The van der Waals surface area contributed by atoms with Gasteiger partial charge in [-0.05, 0) is 13.8 Å². The molecule has 1 atom stereocenters. The van der Waals surface area contributed by atoms with Gasteiger partial charge in [0, 0.05) is 39.3 Å². The Morgan fingerprint density at radius 3 is 2.63 bits per heavy atom. The molecule has 1 aliphatic heterocycles. The lowest BCUT2D eigenvalue weighted by Crippen LogP contribution is -2.47. The molecule has 1 rings (SSSR count). The van der Waals surface area contributed by atoms with Crippen molar-refractivity contribution in [3.05, 3.63) is 0 Å². The first kappa shape index (κ1) is 16.4. The quantitative estimate of drug-likeness (QED) is 0.479. The van der Waals surface area contributed by atoms with Crippen LogP contribution in [-0.2, 0) is 23.7 Å². The minimum absolute atomic E-state index is 0.172. The highest BCUT2D eigenvalue weighted by Crippen LogP contribution is 2.09. The van der Waals surface area contributed by atoms with Crippen molar-refractivity contribution in [1.29, 1.82) is 0 Å². The van der Waals surface area contributed by atoms with Gasteiger partial charge in [0.1, 0.15) is 0 Å². The minimum atomic E-state index is -0.476. The molecule has 1 fully saturated rings. The van der Waals surface area contributed by atoms with Gasteiger partial charge >= 0.3 is 5.97 Å². The largest absolute Gasteiger partial charge is 0.467 e. The third-order valence-corrected chi connectivity index (χ3v) is 3.00. The maximum atomic E-state index is 11.4. The molecule has 0 bridgehead atoms. The number of hydrogen-bond donors (Lipinski definition) is 0. The van der Waals surface area contributed by atoms with Crippen LogP contribution in [0.1, 0.15) is 20.3 Å². The summed E-state index contributed by atoms with van der Waals surface area (Å²) < 4.78 is 21.1. The summed E-state index contributed by atoms with van der Waals surface area (Å²) in [7, 11) is 1.38. The number of methoxy groups -OCH3 is 1. The summed E-state index contributed by atoms with van der Waals surface area (Å²) in [5.41, 5.74) is 0. The number of ether oxygens (including phenoxy) is 4. The van der Waals surface area contributed by atoms with E-state index in [1.807, 2.05) is 13.8 Å². The molecule has 19 heavy (non-hydrogen) atoms. The maximum absolute atomic E-state index is 11.4. The van der Waals surface area contributed by atoms with Crippen LogP contribution in [0.3, 0.4) is 0 Å². The van der Waals surface area contributed by atoms with Crippen LogP contribution in [0, 0.1) is 0 Å². The fraction of sp³-hybridized carbons (Fsp3) is 0.923. The second kappa shape index (κ2) is 9.25. The van der Waals surface area contributed by atoms with Crippen LogP contribution in [0.15, 0.2) is 0 Å². The van der Waals surface area contributed by atoms with Crippen molar-refractivity contribution in [2.75, 3.05) is 46.6 Å². The molecule has 1 saturated heterocycles. The molecule has 1 unspecified atom stereocenters. The van der Waals surface area contributed by atoms with Gasteiger partial charge in [-0.1, -0.05) is 0 Å². The lowest BCUT2D eigenvalue weighted by atomic mass is 10.2. The van der Waals surface area contributed by atoms with Crippen LogP contribution in [0.25, 0.3) is 0 Å². The predicted octanol–water partition coefficient (Wildman–Crippen LogP) is 0.649. The molecular formula is C13H25NO5. The molecule has 0 aromatic heterocycles. The second-order valence-electron chi connectivity index (χ2n) is 4.31. The third-order valence-electron chi connectivity index (χ3n) is 3.00. The highest BCUT2D eigenvalue weighted by molar-refractivity contribution is 5.74. The molecule has 6 heteroatoms. The van der Waals surface area contributed by atoms with Crippen molar-refractivity contribution < 1.29 is 23.7 Å². The zero-order valence-corrected chi connectivity index (χ0v) is 12.1. The Kier molecular flexibility index (Phi) is 7.97. The van der Waals surface area contributed by atoms with Gasteiger partial charge in [-0.3, -0.25) is 4.90 Å². The Bertz CT molecular complexity index is 255. The number of rotatable bonds is 8. The highest BCUT2D eigenvalue weighted by Gasteiger charge is 2.27. The van der Waals surface area contributed by atoms with E-state index in [0.717, 1.165) is 19.5 Å². The third kappa shape index (κ3) is 5.86.